The molecule has 0 atom stereocenters. The van der Waals surface area contributed by atoms with E-state index in [0.717, 1.165) is 0 Å². The Morgan fingerprint density at radius 3 is 0.857 bits per heavy atom. The van der Waals surface area contributed by atoms with Gasteiger partial charge in [0.2, 0.25) is 0 Å². The average Bonchev–Trinajstić information content (AvgIpc) is 0.722. The fourth-order valence-electron chi connectivity index (χ4n) is 0. The smallest absolute Gasteiger partial charge is 0.368 e. The van der Waals surface area contributed by atoms with Gasteiger partial charge >= 0.3 is 9.05 Å². The summed E-state index contributed by atoms with van der Waals surface area (Å²) < 4.78 is 0. The number of hydrogen-bond donors (Lipinski definition) is 4. The summed E-state index contributed by atoms with van der Waals surface area (Å²) in [5.41, 5.74) is 0. The molecule has 7 heavy (non-hydrogen) atoms. The minimum absolute atomic E-state index is 0. The Bertz CT molecular complexity index is 27.2. The van der Waals surface area contributed by atoms with Crippen LogP contribution in [-0.2, 0) is 0 Å². The van der Waals surface area contributed by atoms with Gasteiger partial charge in [-0.3, -0.25) is 0 Å². The van der Waals surface area contributed by atoms with Gasteiger partial charge in [0.05, 0.1) is 0 Å². The quantitative estimate of drug-likeness (QED) is 0.258. The Balaban J connectivity index is -0.0000000800. The first-order valence-electron chi connectivity index (χ1n) is 0.894. The second kappa shape index (κ2) is 5.33. The molecule has 0 spiro atoms. The zero-order valence-corrected chi connectivity index (χ0v) is 6.02. The van der Waals surface area contributed by atoms with Crippen molar-refractivity contribution in [2.24, 2.45) is 0 Å². The largest absolute Gasteiger partial charge is 0.668 e. The molecule has 0 aliphatic rings. The molecule has 0 fully saturated rings. The van der Waals surface area contributed by atoms with Crippen molar-refractivity contribution in [3.05, 3.63) is 0 Å². The van der Waals surface area contributed by atoms with Gasteiger partial charge in [0.25, 0.3) is 0 Å². The van der Waals surface area contributed by atoms with Gasteiger partial charge in [-0.05, 0) is 0 Å². The van der Waals surface area contributed by atoms with E-state index in [2.05, 4.69) is 0 Å². The first-order valence-corrected chi connectivity index (χ1v) is 2.68. The van der Waals surface area contributed by atoms with Crippen molar-refractivity contribution in [1.29, 1.82) is 0 Å². The monoisotopic (exact) mass is 130 g/mol. The third-order valence-electron chi connectivity index (χ3n) is 0. The van der Waals surface area contributed by atoms with Crippen molar-refractivity contribution in [2.45, 2.75) is 0 Å². The van der Waals surface area contributed by atoms with Crippen LogP contribution in [0.1, 0.15) is 0 Å². The molecule has 0 aromatic carbocycles. The molecule has 0 rings (SSSR count). The standard InChI is InChI=1S/Al.Li.H4O4Si/c;;1-5(2,3)4/h;;1-4H. The zero-order chi connectivity index (χ0) is 4.50. The number of hydrogen-bond acceptors (Lipinski definition) is 4. The molecule has 0 saturated carbocycles. The first kappa shape index (κ1) is 15.7. The third-order valence-corrected chi connectivity index (χ3v) is 0. The summed E-state index contributed by atoms with van der Waals surface area (Å²) in [4.78, 5) is 29.3. The van der Waals surface area contributed by atoms with Crippen LogP contribution >= 0.6 is 0 Å². The Kier molecular flexibility index (Phi) is 12.0. The van der Waals surface area contributed by atoms with Gasteiger partial charge in [-0.25, -0.2) is 0 Å². The van der Waals surface area contributed by atoms with Gasteiger partial charge in [-0.1, -0.05) is 0 Å². The van der Waals surface area contributed by atoms with E-state index in [-0.39, 0.29) is 36.2 Å². The van der Waals surface area contributed by atoms with Crippen molar-refractivity contribution in [3.63, 3.8) is 0 Å². The maximum absolute atomic E-state index is 7.33. The van der Waals surface area contributed by atoms with E-state index >= 15 is 0 Å². The Morgan fingerprint density at radius 1 is 0.857 bits per heavy atom. The molecule has 0 amide bonds. The normalized spacial score (nSPS) is 8.57. The molecule has 0 aromatic heterocycles. The summed E-state index contributed by atoms with van der Waals surface area (Å²) in [5.74, 6) is 0. The van der Waals surface area contributed by atoms with E-state index in [1.54, 1.807) is 0 Å². The van der Waals surface area contributed by atoms with Crippen LogP contribution in [0.15, 0.2) is 0 Å². The fourth-order valence-corrected chi connectivity index (χ4v) is 0. The molecule has 4 radical (unpaired) electrons. The van der Waals surface area contributed by atoms with Gasteiger partial charge in [0, 0.05) is 36.2 Å². The summed E-state index contributed by atoms with van der Waals surface area (Å²) in [6.45, 7) is 0. The van der Waals surface area contributed by atoms with Gasteiger partial charge in [-0.2, -0.15) is 0 Å². The maximum atomic E-state index is 7.33. The minimum atomic E-state index is -4.61. The average molecular weight is 130 g/mol. The second-order valence-electron chi connectivity index (χ2n) is 0.600. The molecule has 36 valence electrons. The molecule has 4 N–H and O–H groups in total. The van der Waals surface area contributed by atoms with E-state index in [1.165, 1.54) is 0 Å². The van der Waals surface area contributed by atoms with Crippen LogP contribution in [0.4, 0.5) is 0 Å². The predicted octanol–water partition coefficient (Wildman–Crippen LogP) is -3.37. The summed E-state index contributed by atoms with van der Waals surface area (Å²) in [5, 5.41) is 0. The van der Waals surface area contributed by atoms with Gasteiger partial charge in [0.15, 0.2) is 0 Å². The minimum Gasteiger partial charge on any atom is -0.368 e. The molecule has 0 aliphatic heterocycles. The van der Waals surface area contributed by atoms with Crippen molar-refractivity contribution < 1.29 is 19.2 Å². The summed E-state index contributed by atoms with van der Waals surface area (Å²) in [6.07, 6.45) is 0. The third kappa shape index (κ3) is 137. The Hall–Kier alpha value is 1.19. The number of rotatable bonds is 0. The van der Waals surface area contributed by atoms with E-state index in [9.17, 15) is 0 Å². The van der Waals surface area contributed by atoms with Gasteiger partial charge in [-0.15, -0.1) is 0 Å². The zero-order valence-electron chi connectivity index (χ0n) is 3.87. The molecular formula is H4AlLiO4Si. The van der Waals surface area contributed by atoms with Crippen LogP contribution in [0.3, 0.4) is 0 Å². The molecule has 4 nitrogen and oxygen atoms in total. The first-order chi connectivity index (χ1) is 2.00. The van der Waals surface area contributed by atoms with Crippen molar-refractivity contribution in [2.75, 3.05) is 0 Å². The topological polar surface area (TPSA) is 80.9 Å². The van der Waals surface area contributed by atoms with Crippen molar-refractivity contribution >= 4 is 45.3 Å². The second-order valence-corrected chi connectivity index (χ2v) is 1.80. The van der Waals surface area contributed by atoms with Crippen LogP contribution in [0.25, 0.3) is 0 Å². The molecule has 0 bridgehead atoms. The predicted molar refractivity (Wildman–Crippen MR) is 26.1 cm³/mol. The van der Waals surface area contributed by atoms with Crippen molar-refractivity contribution in [3.8, 4) is 0 Å². The molecule has 0 aliphatic carbocycles. The van der Waals surface area contributed by atoms with E-state index in [1.807, 2.05) is 0 Å². The molecule has 7 heteroatoms. The summed E-state index contributed by atoms with van der Waals surface area (Å²) in [7, 11) is -4.61. The Morgan fingerprint density at radius 2 is 0.857 bits per heavy atom. The SMILES string of the molecule is O[Si](O)(O)O.[Al].[Li]. The van der Waals surface area contributed by atoms with Crippen LogP contribution < -0.4 is 0 Å². The van der Waals surface area contributed by atoms with Gasteiger partial charge in [0.1, 0.15) is 0 Å². The molecule has 0 saturated heterocycles. The van der Waals surface area contributed by atoms with Crippen LogP contribution in [0.2, 0.25) is 0 Å². The van der Waals surface area contributed by atoms with E-state index in [0.29, 0.717) is 0 Å². The summed E-state index contributed by atoms with van der Waals surface area (Å²) >= 11 is 0. The van der Waals surface area contributed by atoms with Crippen LogP contribution in [0, 0.1) is 0 Å². The maximum Gasteiger partial charge on any atom is 0.668 e. The van der Waals surface area contributed by atoms with Crippen LogP contribution in [0.5, 0.6) is 0 Å². The molecule has 0 aromatic rings. The van der Waals surface area contributed by atoms with Gasteiger partial charge < -0.3 is 19.2 Å². The van der Waals surface area contributed by atoms with Crippen molar-refractivity contribution in [1.82, 2.24) is 0 Å². The molecule has 0 unspecified atom stereocenters. The van der Waals surface area contributed by atoms with E-state index in [4.69, 9.17) is 19.2 Å². The van der Waals surface area contributed by atoms with E-state index < -0.39 is 9.05 Å². The fraction of sp³-hybridized carbons (Fsp3) is 0. The Labute approximate surface area is 64.6 Å². The van der Waals surface area contributed by atoms with Crippen LogP contribution in [-0.4, -0.2) is 64.5 Å². The summed E-state index contributed by atoms with van der Waals surface area (Å²) in [6, 6.07) is 0. The molecule has 0 heterocycles. The molecular weight excluding hydrogens is 126 g/mol.